The minimum Gasteiger partial charge on any atom is -0.366 e. The van der Waals surface area contributed by atoms with Gasteiger partial charge >= 0.3 is 0 Å². The lowest BCUT2D eigenvalue weighted by Crippen LogP contribution is -2.26. The van der Waals surface area contributed by atoms with Gasteiger partial charge in [0.05, 0.1) is 4.92 Å². The molecule has 0 aliphatic rings. The Morgan fingerprint density at radius 3 is 1.25 bits per heavy atom. The lowest BCUT2D eigenvalue weighted by atomic mass is 10.1. The van der Waals surface area contributed by atoms with Crippen LogP contribution in [-0.2, 0) is 0 Å². The van der Waals surface area contributed by atoms with Crippen molar-refractivity contribution < 1.29 is 4.92 Å². The van der Waals surface area contributed by atoms with Crippen LogP contribution in [0.25, 0.3) is 0 Å². The van der Waals surface area contributed by atoms with E-state index in [9.17, 15) is 10.1 Å². The van der Waals surface area contributed by atoms with Crippen molar-refractivity contribution in [2.45, 2.75) is 155 Å². The van der Waals surface area contributed by atoms with Crippen molar-refractivity contribution in [2.24, 2.45) is 0 Å². The van der Waals surface area contributed by atoms with E-state index in [2.05, 4.69) is 18.7 Å². The molecule has 0 bridgehead atoms. The van der Waals surface area contributed by atoms with E-state index in [1.165, 1.54) is 128 Å². The summed E-state index contributed by atoms with van der Waals surface area (Å²) in [5.41, 5.74) is 1.06. The number of nitrogens with zero attached hydrogens (tertiary/aromatic N) is 2. The van der Waals surface area contributed by atoms with Gasteiger partial charge in [0.1, 0.15) is 5.69 Å². The van der Waals surface area contributed by atoms with E-state index in [4.69, 9.17) is 0 Å². The molecule has 4 heteroatoms. The molecule has 0 saturated carbocycles. The predicted molar refractivity (Wildman–Crippen MR) is 158 cm³/mol. The van der Waals surface area contributed by atoms with Crippen LogP contribution < -0.4 is 4.90 Å². The molecule has 0 N–H and O–H groups in total. The van der Waals surface area contributed by atoms with Gasteiger partial charge in [0.15, 0.2) is 0 Å². The van der Waals surface area contributed by atoms with E-state index >= 15 is 0 Å². The number of nitro benzene ring substituents is 1. The molecule has 1 rings (SSSR count). The highest BCUT2D eigenvalue weighted by atomic mass is 16.6. The van der Waals surface area contributed by atoms with Crippen LogP contribution in [0.3, 0.4) is 0 Å². The Labute approximate surface area is 223 Å². The van der Waals surface area contributed by atoms with Crippen molar-refractivity contribution >= 4 is 11.4 Å². The Bertz CT molecular complexity index is 608. The molecule has 0 radical (unpaired) electrons. The Morgan fingerprint density at radius 1 is 0.556 bits per heavy atom. The second kappa shape index (κ2) is 23.8. The maximum Gasteiger partial charge on any atom is 0.292 e. The lowest BCUT2D eigenvalue weighted by molar-refractivity contribution is -0.384. The Hall–Kier alpha value is -1.58. The average molecular weight is 503 g/mol. The normalized spacial score (nSPS) is 11.2. The minimum absolute atomic E-state index is 0.219. The molecule has 0 aromatic heterocycles. The number of para-hydroxylation sites is 2. The van der Waals surface area contributed by atoms with Gasteiger partial charge in [0, 0.05) is 19.2 Å². The highest BCUT2D eigenvalue weighted by molar-refractivity contribution is 5.63. The molecule has 1 aromatic rings. The molecule has 0 amide bonds. The van der Waals surface area contributed by atoms with E-state index in [0.717, 1.165) is 31.6 Å². The SMILES string of the molecule is CCCCCCCCCCCCCN(CCCCCCCCCCCCC)c1ccccc1[N+](=O)[O-]. The largest absolute Gasteiger partial charge is 0.366 e. The van der Waals surface area contributed by atoms with Crippen LogP contribution >= 0.6 is 0 Å². The number of hydrogen-bond acceptors (Lipinski definition) is 3. The second-order valence-electron chi connectivity index (χ2n) is 10.8. The standard InChI is InChI=1S/C32H58N2O2/c1-3-5-7-9-11-13-15-17-19-21-25-29-33(31-27-23-24-28-32(31)34(35)36)30-26-22-20-18-16-14-12-10-8-6-4-2/h23-24,27-28H,3-22,25-26,29-30H2,1-2H3. The fraction of sp³-hybridized carbons (Fsp3) is 0.812. The number of benzene rings is 1. The molecule has 0 atom stereocenters. The van der Waals surface area contributed by atoms with Gasteiger partial charge in [-0.2, -0.15) is 0 Å². The van der Waals surface area contributed by atoms with Crippen molar-refractivity contribution in [3.63, 3.8) is 0 Å². The van der Waals surface area contributed by atoms with E-state index in [0.29, 0.717) is 0 Å². The summed E-state index contributed by atoms with van der Waals surface area (Å²) in [6.07, 6.45) is 29.2. The highest BCUT2D eigenvalue weighted by Crippen LogP contribution is 2.28. The summed E-state index contributed by atoms with van der Waals surface area (Å²) in [5, 5.41) is 11.6. The maximum absolute atomic E-state index is 11.6. The summed E-state index contributed by atoms with van der Waals surface area (Å²) in [6, 6.07) is 7.32. The van der Waals surface area contributed by atoms with E-state index in [1.807, 2.05) is 12.1 Å². The molecule has 0 fully saturated rings. The average Bonchev–Trinajstić information content (AvgIpc) is 2.89. The summed E-state index contributed by atoms with van der Waals surface area (Å²) in [7, 11) is 0. The fourth-order valence-electron chi connectivity index (χ4n) is 5.17. The quantitative estimate of drug-likeness (QED) is 0.0718. The van der Waals surface area contributed by atoms with Crippen molar-refractivity contribution in [3.8, 4) is 0 Å². The van der Waals surface area contributed by atoms with E-state index in [1.54, 1.807) is 12.1 Å². The van der Waals surface area contributed by atoms with Crippen molar-refractivity contribution in [2.75, 3.05) is 18.0 Å². The monoisotopic (exact) mass is 502 g/mol. The molecule has 0 aliphatic heterocycles. The maximum atomic E-state index is 11.6. The number of anilines is 1. The Kier molecular flexibility index (Phi) is 21.4. The summed E-state index contributed by atoms with van der Waals surface area (Å²) in [6.45, 7) is 6.41. The molecular formula is C32H58N2O2. The van der Waals surface area contributed by atoms with Crippen LogP contribution in [0.1, 0.15) is 155 Å². The van der Waals surface area contributed by atoms with Gasteiger partial charge in [-0.25, -0.2) is 0 Å². The van der Waals surface area contributed by atoms with Crippen LogP contribution in [0, 0.1) is 10.1 Å². The first-order chi connectivity index (χ1) is 17.7. The van der Waals surface area contributed by atoms with Gasteiger partial charge in [-0.1, -0.05) is 154 Å². The third-order valence-corrected chi connectivity index (χ3v) is 7.48. The van der Waals surface area contributed by atoms with Crippen molar-refractivity contribution in [1.82, 2.24) is 0 Å². The zero-order valence-electron chi connectivity index (χ0n) is 24.0. The first-order valence-electron chi connectivity index (χ1n) is 15.7. The molecule has 0 unspecified atom stereocenters. The number of hydrogen-bond donors (Lipinski definition) is 0. The van der Waals surface area contributed by atoms with Crippen LogP contribution in [0.15, 0.2) is 24.3 Å². The van der Waals surface area contributed by atoms with Gasteiger partial charge in [-0.15, -0.1) is 0 Å². The first kappa shape index (κ1) is 32.4. The molecule has 208 valence electrons. The first-order valence-corrected chi connectivity index (χ1v) is 15.7. The van der Waals surface area contributed by atoms with Crippen LogP contribution in [0.5, 0.6) is 0 Å². The molecule has 36 heavy (non-hydrogen) atoms. The predicted octanol–water partition coefficient (Wildman–Crippen LogP) is 11.0. The third-order valence-electron chi connectivity index (χ3n) is 7.48. The number of rotatable bonds is 26. The summed E-state index contributed by atoms with van der Waals surface area (Å²) >= 11 is 0. The zero-order valence-corrected chi connectivity index (χ0v) is 24.0. The van der Waals surface area contributed by atoms with Gasteiger partial charge in [-0.05, 0) is 18.9 Å². The third kappa shape index (κ3) is 17.0. The van der Waals surface area contributed by atoms with Gasteiger partial charge in [-0.3, -0.25) is 10.1 Å². The summed E-state index contributed by atoms with van der Waals surface area (Å²) in [4.78, 5) is 13.7. The fourth-order valence-corrected chi connectivity index (χ4v) is 5.17. The second-order valence-corrected chi connectivity index (χ2v) is 10.8. The molecule has 1 aromatic carbocycles. The molecule has 0 spiro atoms. The molecule has 4 nitrogen and oxygen atoms in total. The van der Waals surface area contributed by atoms with E-state index in [-0.39, 0.29) is 10.6 Å². The Morgan fingerprint density at radius 2 is 0.889 bits per heavy atom. The molecule has 0 heterocycles. The van der Waals surface area contributed by atoms with Gasteiger partial charge < -0.3 is 4.90 Å². The Balaban J connectivity index is 2.29. The van der Waals surface area contributed by atoms with Gasteiger partial charge in [0.2, 0.25) is 0 Å². The van der Waals surface area contributed by atoms with Crippen molar-refractivity contribution in [3.05, 3.63) is 34.4 Å². The summed E-state index contributed by atoms with van der Waals surface area (Å²) < 4.78 is 0. The molecule has 0 saturated heterocycles. The molecular weight excluding hydrogens is 444 g/mol. The minimum atomic E-state index is -0.219. The highest BCUT2D eigenvalue weighted by Gasteiger charge is 2.18. The van der Waals surface area contributed by atoms with Crippen molar-refractivity contribution in [1.29, 1.82) is 0 Å². The number of nitro groups is 1. The van der Waals surface area contributed by atoms with Crippen LogP contribution in [-0.4, -0.2) is 18.0 Å². The number of unbranched alkanes of at least 4 members (excludes halogenated alkanes) is 20. The smallest absolute Gasteiger partial charge is 0.292 e. The molecule has 0 aliphatic carbocycles. The topological polar surface area (TPSA) is 46.4 Å². The van der Waals surface area contributed by atoms with Gasteiger partial charge in [0.25, 0.3) is 5.69 Å². The lowest BCUT2D eigenvalue weighted by Gasteiger charge is -2.24. The van der Waals surface area contributed by atoms with E-state index < -0.39 is 0 Å². The zero-order chi connectivity index (χ0) is 26.1. The van der Waals surface area contributed by atoms with Crippen LogP contribution in [0.2, 0.25) is 0 Å². The summed E-state index contributed by atoms with van der Waals surface area (Å²) in [5.74, 6) is 0. The van der Waals surface area contributed by atoms with Crippen LogP contribution in [0.4, 0.5) is 11.4 Å².